The van der Waals surface area contributed by atoms with Crippen molar-refractivity contribution in [1.82, 2.24) is 0 Å². The van der Waals surface area contributed by atoms with Crippen molar-refractivity contribution >= 4 is 16.8 Å². The number of rotatable bonds is 3. The van der Waals surface area contributed by atoms with Crippen molar-refractivity contribution in [2.75, 3.05) is 0 Å². The number of hydrogen-bond acceptors (Lipinski definition) is 2. The second kappa shape index (κ2) is 4.20. The zero-order valence-electron chi connectivity index (χ0n) is 9.12. The van der Waals surface area contributed by atoms with Crippen molar-refractivity contribution in [2.24, 2.45) is 17.3 Å². The predicted molar refractivity (Wildman–Crippen MR) is 60.1 cm³/mol. The summed E-state index contributed by atoms with van der Waals surface area (Å²) < 4.78 is 0. The molecule has 2 nitrogen and oxygen atoms in total. The molecule has 1 aliphatic rings. The summed E-state index contributed by atoms with van der Waals surface area (Å²) in [7, 11) is 0. The van der Waals surface area contributed by atoms with Crippen molar-refractivity contribution in [3.8, 4) is 6.07 Å². The highest BCUT2D eigenvalue weighted by Gasteiger charge is 2.59. The number of halogens is 1. The fraction of sp³-hybridized carbons (Fsp3) is 0.500. The lowest BCUT2D eigenvalue weighted by molar-refractivity contribution is -0.113. The van der Waals surface area contributed by atoms with Crippen LogP contribution in [0.5, 0.6) is 0 Å². The number of hydrogen-bond donors (Lipinski definition) is 0. The summed E-state index contributed by atoms with van der Waals surface area (Å²) >= 11 is 5.49. The number of allylic oxidation sites excluding steroid dienone is 4. The number of carbonyl (C=O) groups is 1. The molecule has 3 heteroatoms. The van der Waals surface area contributed by atoms with Crippen LogP contribution in [0.2, 0.25) is 0 Å². The first-order chi connectivity index (χ1) is 6.95. The van der Waals surface area contributed by atoms with Crippen molar-refractivity contribution in [3.05, 3.63) is 23.8 Å². The minimum atomic E-state index is -0.306. The molecule has 0 saturated heterocycles. The minimum absolute atomic E-state index is 0.0911. The first-order valence-corrected chi connectivity index (χ1v) is 5.27. The molecule has 1 rings (SSSR count). The lowest BCUT2D eigenvalue weighted by Gasteiger charge is -1.96. The van der Waals surface area contributed by atoms with Crippen molar-refractivity contribution in [2.45, 2.75) is 20.8 Å². The molecule has 1 aliphatic carbocycles. The fourth-order valence-electron chi connectivity index (χ4n) is 1.93. The van der Waals surface area contributed by atoms with Crippen LogP contribution >= 0.6 is 11.6 Å². The normalized spacial score (nSPS) is 28.9. The second-order valence-electron chi connectivity index (χ2n) is 4.36. The van der Waals surface area contributed by atoms with E-state index >= 15 is 0 Å². The average Bonchev–Trinajstić information content (AvgIpc) is 2.67. The number of nitrogens with zero attached hydrogens (tertiary/aromatic N) is 1. The van der Waals surface area contributed by atoms with Gasteiger partial charge in [-0.25, -0.2) is 0 Å². The van der Waals surface area contributed by atoms with Gasteiger partial charge in [0.25, 0.3) is 0 Å². The van der Waals surface area contributed by atoms with Crippen molar-refractivity contribution in [3.63, 3.8) is 0 Å². The molecule has 0 unspecified atom stereocenters. The Morgan fingerprint density at radius 2 is 2.13 bits per heavy atom. The molecular formula is C12H14ClNO. The maximum Gasteiger partial charge on any atom is 0.225 e. The predicted octanol–water partition coefficient (Wildman–Crippen LogP) is 3.05. The standard InChI is InChI=1S/C12H14ClNO/c1-4-5-8(7-14)6-9-10(11(13)15)12(9,2)3/h4-6,9-10H,1-3H3/b5-4+,8-6-/t9-,10+/m1/s1. The molecule has 0 radical (unpaired) electrons. The summed E-state index contributed by atoms with van der Waals surface area (Å²) in [6.07, 6.45) is 5.39. The Labute approximate surface area is 95.2 Å². The van der Waals surface area contributed by atoms with E-state index in [1.54, 1.807) is 6.08 Å². The van der Waals surface area contributed by atoms with Gasteiger partial charge >= 0.3 is 0 Å². The number of nitriles is 1. The third-order valence-corrected chi connectivity index (χ3v) is 3.22. The molecule has 0 aliphatic heterocycles. The van der Waals surface area contributed by atoms with Gasteiger partial charge in [-0.1, -0.05) is 26.0 Å². The highest BCUT2D eigenvalue weighted by atomic mass is 35.5. The third-order valence-electron chi connectivity index (χ3n) is 2.99. The van der Waals surface area contributed by atoms with Gasteiger partial charge in [0.15, 0.2) is 0 Å². The lowest BCUT2D eigenvalue weighted by Crippen LogP contribution is -1.96. The van der Waals surface area contributed by atoms with Gasteiger partial charge in [0.1, 0.15) is 0 Å². The summed E-state index contributed by atoms with van der Waals surface area (Å²) in [6, 6.07) is 2.09. The number of carbonyl (C=O) groups excluding carboxylic acids is 1. The smallest absolute Gasteiger partial charge is 0.225 e. The van der Waals surface area contributed by atoms with E-state index in [2.05, 4.69) is 6.07 Å². The molecule has 0 aromatic heterocycles. The van der Waals surface area contributed by atoms with Gasteiger partial charge in [-0.3, -0.25) is 4.79 Å². The van der Waals surface area contributed by atoms with E-state index in [0.29, 0.717) is 5.57 Å². The molecule has 15 heavy (non-hydrogen) atoms. The Bertz CT molecular complexity index is 374. The SMILES string of the molecule is C/C=C/C(C#N)=C/[C@@H]1[C@@H](C(=O)Cl)C1(C)C. The molecule has 1 fully saturated rings. The molecule has 0 N–H and O–H groups in total. The van der Waals surface area contributed by atoms with E-state index in [4.69, 9.17) is 16.9 Å². The Balaban J connectivity index is 2.86. The fourth-order valence-corrected chi connectivity index (χ4v) is 2.34. The van der Waals surface area contributed by atoms with E-state index in [1.165, 1.54) is 0 Å². The summed E-state index contributed by atoms with van der Waals surface area (Å²) in [6.45, 7) is 5.83. The summed E-state index contributed by atoms with van der Waals surface area (Å²) in [5.74, 6) is -0.0545. The van der Waals surface area contributed by atoms with Gasteiger partial charge in [-0.2, -0.15) is 5.26 Å². The van der Waals surface area contributed by atoms with E-state index in [0.717, 1.165) is 0 Å². The Kier molecular flexibility index (Phi) is 3.36. The van der Waals surface area contributed by atoms with Crippen LogP contribution in [0, 0.1) is 28.6 Å². The van der Waals surface area contributed by atoms with Gasteiger partial charge in [0, 0.05) is 11.5 Å². The summed E-state index contributed by atoms with van der Waals surface area (Å²) in [5, 5.41) is 8.53. The Morgan fingerprint density at radius 3 is 2.47 bits per heavy atom. The van der Waals surface area contributed by atoms with E-state index in [-0.39, 0.29) is 22.5 Å². The van der Waals surface area contributed by atoms with Gasteiger partial charge in [0.05, 0.1) is 6.07 Å². The van der Waals surface area contributed by atoms with Crippen LogP contribution in [0.15, 0.2) is 23.8 Å². The topological polar surface area (TPSA) is 40.9 Å². The van der Waals surface area contributed by atoms with Crippen LogP contribution in [0.3, 0.4) is 0 Å². The van der Waals surface area contributed by atoms with E-state index < -0.39 is 0 Å². The third kappa shape index (κ3) is 2.30. The zero-order valence-corrected chi connectivity index (χ0v) is 9.88. The van der Waals surface area contributed by atoms with Crippen molar-refractivity contribution < 1.29 is 4.79 Å². The van der Waals surface area contributed by atoms with Gasteiger partial charge in [-0.05, 0) is 35.9 Å². The van der Waals surface area contributed by atoms with Crippen LogP contribution in [0.25, 0.3) is 0 Å². The molecule has 0 aromatic carbocycles. The summed E-state index contributed by atoms with van der Waals surface area (Å²) in [4.78, 5) is 11.1. The minimum Gasteiger partial charge on any atom is -0.281 e. The first-order valence-electron chi connectivity index (χ1n) is 4.89. The molecule has 0 amide bonds. The van der Waals surface area contributed by atoms with Gasteiger partial charge in [0.2, 0.25) is 5.24 Å². The van der Waals surface area contributed by atoms with Crippen molar-refractivity contribution in [1.29, 1.82) is 5.26 Å². The maximum absolute atomic E-state index is 11.1. The van der Waals surface area contributed by atoms with Crippen LogP contribution in [0.4, 0.5) is 0 Å². The highest BCUT2D eigenvalue weighted by molar-refractivity contribution is 6.64. The van der Waals surface area contributed by atoms with Gasteiger partial charge < -0.3 is 0 Å². The molecule has 0 heterocycles. The molecule has 80 valence electrons. The molecule has 1 saturated carbocycles. The molecule has 0 spiro atoms. The van der Waals surface area contributed by atoms with Crippen LogP contribution in [-0.4, -0.2) is 5.24 Å². The van der Waals surface area contributed by atoms with E-state index in [9.17, 15) is 4.79 Å². The molecular weight excluding hydrogens is 210 g/mol. The largest absolute Gasteiger partial charge is 0.281 e. The van der Waals surface area contributed by atoms with Crippen LogP contribution < -0.4 is 0 Å². The lowest BCUT2D eigenvalue weighted by atomic mass is 10.1. The van der Waals surface area contributed by atoms with E-state index in [1.807, 2.05) is 32.9 Å². The van der Waals surface area contributed by atoms with Crippen LogP contribution in [-0.2, 0) is 4.79 Å². The quantitative estimate of drug-likeness (QED) is 0.419. The zero-order chi connectivity index (χ0) is 11.6. The Hall–Kier alpha value is -1.07. The molecule has 0 bridgehead atoms. The second-order valence-corrected chi connectivity index (χ2v) is 4.74. The monoisotopic (exact) mass is 223 g/mol. The molecule has 0 aromatic rings. The van der Waals surface area contributed by atoms with Gasteiger partial charge in [-0.15, -0.1) is 0 Å². The first kappa shape index (κ1) is 12.0. The van der Waals surface area contributed by atoms with Crippen LogP contribution in [0.1, 0.15) is 20.8 Å². The highest BCUT2D eigenvalue weighted by Crippen LogP contribution is 2.60. The maximum atomic E-state index is 11.1. The molecule has 2 atom stereocenters. The summed E-state index contributed by atoms with van der Waals surface area (Å²) in [5.41, 5.74) is 0.485. The Morgan fingerprint density at radius 1 is 1.53 bits per heavy atom. The average molecular weight is 224 g/mol.